The summed E-state index contributed by atoms with van der Waals surface area (Å²) in [5.74, 6) is 0.483. The summed E-state index contributed by atoms with van der Waals surface area (Å²) in [6.07, 6.45) is 6.14. The Morgan fingerprint density at radius 1 is 1.25 bits per heavy atom. The van der Waals surface area contributed by atoms with E-state index in [0.29, 0.717) is 17.9 Å². The number of hydrogen-bond acceptors (Lipinski definition) is 3. The standard InChI is InChI=1S/C17H25NO2/c1-2-20-13-9-11-18(12-10-13)16-7-3-6-15-14(16)5-4-8-17(15)19/h4-5,8,13,16,19H,2-3,6-7,9-12H2,1H3. The molecule has 0 bridgehead atoms. The van der Waals surface area contributed by atoms with Crippen molar-refractivity contribution in [3.8, 4) is 5.75 Å². The highest BCUT2D eigenvalue weighted by atomic mass is 16.5. The normalized spacial score (nSPS) is 24.6. The van der Waals surface area contributed by atoms with E-state index in [-0.39, 0.29) is 0 Å². The van der Waals surface area contributed by atoms with Crippen LogP contribution in [0.1, 0.15) is 49.8 Å². The molecule has 1 aromatic carbocycles. The van der Waals surface area contributed by atoms with E-state index in [1.54, 1.807) is 0 Å². The Balaban J connectivity index is 1.72. The smallest absolute Gasteiger partial charge is 0.119 e. The quantitative estimate of drug-likeness (QED) is 0.919. The number of phenolic OH excluding ortho intramolecular Hbond substituents is 1. The second kappa shape index (κ2) is 6.15. The first-order valence-electron chi connectivity index (χ1n) is 7.96. The van der Waals surface area contributed by atoms with E-state index in [4.69, 9.17) is 4.74 Å². The van der Waals surface area contributed by atoms with Crippen LogP contribution in [0.15, 0.2) is 18.2 Å². The van der Waals surface area contributed by atoms with Gasteiger partial charge in [0.05, 0.1) is 6.10 Å². The number of nitrogens with zero attached hydrogens (tertiary/aromatic N) is 1. The average molecular weight is 275 g/mol. The van der Waals surface area contributed by atoms with Gasteiger partial charge in [0.1, 0.15) is 5.75 Å². The van der Waals surface area contributed by atoms with Crippen molar-refractivity contribution in [3.63, 3.8) is 0 Å². The van der Waals surface area contributed by atoms with Gasteiger partial charge in [0.2, 0.25) is 0 Å². The van der Waals surface area contributed by atoms with Gasteiger partial charge in [-0.2, -0.15) is 0 Å². The van der Waals surface area contributed by atoms with Crippen LogP contribution in [0.4, 0.5) is 0 Å². The number of ether oxygens (including phenoxy) is 1. The molecule has 0 radical (unpaired) electrons. The molecule has 1 saturated heterocycles. The lowest BCUT2D eigenvalue weighted by Crippen LogP contribution is -2.40. The highest BCUT2D eigenvalue weighted by Gasteiger charge is 2.30. The summed E-state index contributed by atoms with van der Waals surface area (Å²) in [5.41, 5.74) is 2.53. The van der Waals surface area contributed by atoms with Gasteiger partial charge < -0.3 is 9.84 Å². The van der Waals surface area contributed by atoms with Crippen LogP contribution < -0.4 is 0 Å². The lowest BCUT2D eigenvalue weighted by Gasteiger charge is -2.40. The second-order valence-electron chi connectivity index (χ2n) is 5.94. The van der Waals surface area contributed by atoms with Crippen molar-refractivity contribution in [2.75, 3.05) is 19.7 Å². The van der Waals surface area contributed by atoms with Crippen LogP contribution >= 0.6 is 0 Å². The Morgan fingerprint density at radius 3 is 2.80 bits per heavy atom. The van der Waals surface area contributed by atoms with Gasteiger partial charge in [-0.25, -0.2) is 0 Å². The predicted octanol–water partition coefficient (Wildman–Crippen LogP) is 3.27. The summed E-state index contributed by atoms with van der Waals surface area (Å²) in [6.45, 7) is 5.13. The van der Waals surface area contributed by atoms with Gasteiger partial charge in [-0.1, -0.05) is 12.1 Å². The van der Waals surface area contributed by atoms with E-state index in [9.17, 15) is 5.11 Å². The molecule has 3 nitrogen and oxygen atoms in total. The fourth-order valence-electron chi connectivity index (χ4n) is 3.77. The number of phenols is 1. The molecule has 3 heteroatoms. The topological polar surface area (TPSA) is 32.7 Å². The Morgan fingerprint density at radius 2 is 2.05 bits per heavy atom. The first-order chi connectivity index (χ1) is 9.79. The molecule has 1 fully saturated rings. The number of aromatic hydroxyl groups is 1. The summed E-state index contributed by atoms with van der Waals surface area (Å²) in [5, 5.41) is 10.0. The van der Waals surface area contributed by atoms with E-state index in [0.717, 1.165) is 39.0 Å². The van der Waals surface area contributed by atoms with Gasteiger partial charge in [-0.05, 0) is 56.2 Å². The van der Waals surface area contributed by atoms with Crippen molar-refractivity contribution in [1.29, 1.82) is 0 Å². The predicted molar refractivity (Wildman–Crippen MR) is 80.0 cm³/mol. The number of fused-ring (bicyclic) bond motifs is 1. The zero-order valence-electron chi connectivity index (χ0n) is 12.3. The molecule has 2 aliphatic rings. The minimum atomic E-state index is 0.448. The monoisotopic (exact) mass is 275 g/mol. The summed E-state index contributed by atoms with van der Waals surface area (Å²) < 4.78 is 5.74. The van der Waals surface area contributed by atoms with Gasteiger partial charge in [0.25, 0.3) is 0 Å². The molecule has 3 rings (SSSR count). The van der Waals surface area contributed by atoms with Crippen LogP contribution in [0.25, 0.3) is 0 Å². The Hall–Kier alpha value is -1.06. The molecule has 1 atom stereocenters. The lowest BCUT2D eigenvalue weighted by atomic mass is 9.85. The minimum Gasteiger partial charge on any atom is -0.508 e. The van der Waals surface area contributed by atoms with Crippen LogP contribution in [0, 0.1) is 0 Å². The molecule has 1 aliphatic carbocycles. The van der Waals surface area contributed by atoms with E-state index >= 15 is 0 Å². The maximum absolute atomic E-state index is 10.0. The third kappa shape index (κ3) is 2.70. The third-order valence-corrected chi connectivity index (χ3v) is 4.77. The minimum absolute atomic E-state index is 0.448. The largest absolute Gasteiger partial charge is 0.508 e. The molecule has 1 N–H and O–H groups in total. The van der Waals surface area contributed by atoms with Gasteiger partial charge in [-0.3, -0.25) is 4.90 Å². The first kappa shape index (κ1) is 13.9. The first-order valence-corrected chi connectivity index (χ1v) is 7.96. The Bertz CT molecular complexity index is 452. The second-order valence-corrected chi connectivity index (χ2v) is 5.94. The van der Waals surface area contributed by atoms with Crippen LogP contribution in [0.3, 0.4) is 0 Å². The van der Waals surface area contributed by atoms with Gasteiger partial charge in [0, 0.05) is 25.7 Å². The van der Waals surface area contributed by atoms with Crippen molar-refractivity contribution in [3.05, 3.63) is 29.3 Å². The molecule has 0 saturated carbocycles. The molecular weight excluding hydrogens is 250 g/mol. The van der Waals surface area contributed by atoms with Crippen LogP contribution in [0.2, 0.25) is 0 Å². The Labute approximate surface area is 121 Å². The molecule has 1 heterocycles. The number of hydrogen-bond donors (Lipinski definition) is 1. The number of rotatable bonds is 3. The van der Waals surface area contributed by atoms with Crippen molar-refractivity contribution < 1.29 is 9.84 Å². The number of piperidine rings is 1. The summed E-state index contributed by atoms with van der Waals surface area (Å²) in [4.78, 5) is 2.59. The molecule has 1 unspecified atom stereocenters. The number of likely N-dealkylation sites (tertiary alicyclic amines) is 1. The fourth-order valence-corrected chi connectivity index (χ4v) is 3.77. The maximum atomic E-state index is 10.0. The molecule has 0 aromatic heterocycles. The highest BCUT2D eigenvalue weighted by molar-refractivity contribution is 5.42. The van der Waals surface area contributed by atoms with Gasteiger partial charge in [-0.15, -0.1) is 0 Å². The van der Waals surface area contributed by atoms with E-state index in [2.05, 4.69) is 17.9 Å². The van der Waals surface area contributed by atoms with E-state index in [1.165, 1.54) is 24.0 Å². The summed E-state index contributed by atoms with van der Waals surface area (Å²) >= 11 is 0. The third-order valence-electron chi connectivity index (χ3n) is 4.77. The van der Waals surface area contributed by atoms with Gasteiger partial charge in [0.15, 0.2) is 0 Å². The number of benzene rings is 1. The van der Waals surface area contributed by atoms with Crippen molar-refractivity contribution >= 4 is 0 Å². The molecule has 1 aromatic rings. The van der Waals surface area contributed by atoms with E-state index < -0.39 is 0 Å². The zero-order chi connectivity index (χ0) is 13.9. The summed E-state index contributed by atoms with van der Waals surface area (Å²) in [7, 11) is 0. The molecule has 1 aliphatic heterocycles. The lowest BCUT2D eigenvalue weighted by molar-refractivity contribution is 0.00160. The molecule has 20 heavy (non-hydrogen) atoms. The van der Waals surface area contributed by atoms with Crippen LogP contribution in [-0.4, -0.2) is 35.8 Å². The SMILES string of the molecule is CCOC1CCN(C2CCCc3c(O)cccc32)CC1. The Kier molecular flexibility index (Phi) is 4.27. The van der Waals surface area contributed by atoms with Crippen LogP contribution in [-0.2, 0) is 11.2 Å². The molecule has 0 amide bonds. The molecular formula is C17H25NO2. The molecule has 110 valence electrons. The summed E-state index contributed by atoms with van der Waals surface area (Å²) in [6, 6.07) is 6.50. The van der Waals surface area contributed by atoms with Crippen molar-refractivity contribution in [1.82, 2.24) is 4.90 Å². The van der Waals surface area contributed by atoms with Crippen LogP contribution in [0.5, 0.6) is 5.75 Å². The average Bonchev–Trinajstić information content (AvgIpc) is 2.48. The van der Waals surface area contributed by atoms with Gasteiger partial charge >= 0.3 is 0 Å². The fraction of sp³-hybridized carbons (Fsp3) is 0.647. The molecule has 0 spiro atoms. The van der Waals surface area contributed by atoms with E-state index in [1.807, 2.05) is 12.1 Å². The van der Waals surface area contributed by atoms with Crippen molar-refractivity contribution in [2.24, 2.45) is 0 Å². The zero-order valence-corrected chi connectivity index (χ0v) is 12.3. The maximum Gasteiger partial charge on any atom is 0.119 e. The van der Waals surface area contributed by atoms with Crippen molar-refractivity contribution in [2.45, 2.75) is 51.2 Å². The highest BCUT2D eigenvalue weighted by Crippen LogP contribution is 2.39.